The molecule has 0 aliphatic carbocycles. The lowest BCUT2D eigenvalue weighted by Gasteiger charge is -2.22. The van der Waals surface area contributed by atoms with Crippen molar-refractivity contribution >= 4 is 11.6 Å². The van der Waals surface area contributed by atoms with E-state index in [0.29, 0.717) is 17.9 Å². The third-order valence-corrected chi connectivity index (χ3v) is 3.41. The van der Waals surface area contributed by atoms with Crippen LogP contribution in [0.25, 0.3) is 0 Å². The van der Waals surface area contributed by atoms with Gasteiger partial charge in [-0.1, -0.05) is 44.5 Å². The molecule has 1 aromatic carbocycles. The second-order valence-corrected chi connectivity index (χ2v) is 4.99. The van der Waals surface area contributed by atoms with E-state index in [0.717, 1.165) is 0 Å². The van der Waals surface area contributed by atoms with Crippen LogP contribution in [0.5, 0.6) is 0 Å². The minimum absolute atomic E-state index is 0.113. The molecule has 1 rings (SSSR count). The Labute approximate surface area is 101 Å². The van der Waals surface area contributed by atoms with Crippen molar-refractivity contribution in [1.82, 2.24) is 0 Å². The van der Waals surface area contributed by atoms with Crippen LogP contribution < -0.4 is 0 Å². The lowest BCUT2D eigenvalue weighted by Crippen LogP contribution is -2.25. The van der Waals surface area contributed by atoms with Gasteiger partial charge in [0.1, 0.15) is 5.82 Å². The van der Waals surface area contributed by atoms with Crippen LogP contribution in [0, 0.1) is 17.7 Å². The summed E-state index contributed by atoms with van der Waals surface area (Å²) in [6, 6.07) is 4.88. The minimum Gasteiger partial charge on any atom is -0.392 e. The highest BCUT2D eigenvalue weighted by molar-refractivity contribution is 6.30. The third-order valence-electron chi connectivity index (χ3n) is 3.12. The summed E-state index contributed by atoms with van der Waals surface area (Å²) in [7, 11) is 0. The Morgan fingerprint density at radius 2 is 1.94 bits per heavy atom. The topological polar surface area (TPSA) is 20.2 Å². The normalized spacial score (nSPS) is 15.2. The Hall–Kier alpha value is -0.600. The lowest BCUT2D eigenvalue weighted by atomic mass is 9.89. The molecule has 0 aliphatic rings. The van der Waals surface area contributed by atoms with Crippen LogP contribution in [0.1, 0.15) is 26.3 Å². The number of aliphatic hydroxyl groups is 1. The monoisotopic (exact) mass is 244 g/mol. The highest BCUT2D eigenvalue weighted by Crippen LogP contribution is 2.22. The van der Waals surface area contributed by atoms with Crippen molar-refractivity contribution in [3.05, 3.63) is 34.6 Å². The van der Waals surface area contributed by atoms with Gasteiger partial charge in [-0.15, -0.1) is 0 Å². The summed E-state index contributed by atoms with van der Waals surface area (Å²) in [4.78, 5) is 0. The number of aliphatic hydroxyl groups excluding tert-OH is 1. The number of benzene rings is 1. The summed E-state index contributed by atoms with van der Waals surface area (Å²) < 4.78 is 13.6. The summed E-state index contributed by atoms with van der Waals surface area (Å²) in [5.41, 5.74) is 0.479. The molecule has 0 saturated carbocycles. The SMILES string of the molecule is CC(C)C(C)C(O)Cc1cccc(Cl)c1F. The first kappa shape index (κ1) is 13.5. The van der Waals surface area contributed by atoms with Crippen molar-refractivity contribution in [2.75, 3.05) is 0 Å². The van der Waals surface area contributed by atoms with Gasteiger partial charge in [-0.2, -0.15) is 0 Å². The molecule has 90 valence electrons. The lowest BCUT2D eigenvalue weighted by molar-refractivity contribution is 0.0913. The Morgan fingerprint density at radius 1 is 1.31 bits per heavy atom. The third kappa shape index (κ3) is 3.19. The number of hydrogen-bond donors (Lipinski definition) is 1. The maximum Gasteiger partial charge on any atom is 0.145 e. The summed E-state index contributed by atoms with van der Waals surface area (Å²) >= 11 is 5.68. The quantitative estimate of drug-likeness (QED) is 0.857. The van der Waals surface area contributed by atoms with E-state index in [1.807, 2.05) is 20.8 Å². The minimum atomic E-state index is -0.534. The number of hydrogen-bond acceptors (Lipinski definition) is 1. The second-order valence-electron chi connectivity index (χ2n) is 4.59. The number of halogens is 2. The van der Waals surface area contributed by atoms with Crippen molar-refractivity contribution in [2.24, 2.45) is 11.8 Å². The first-order valence-corrected chi connectivity index (χ1v) is 5.92. The molecule has 0 fully saturated rings. The van der Waals surface area contributed by atoms with Crippen molar-refractivity contribution in [2.45, 2.75) is 33.3 Å². The van der Waals surface area contributed by atoms with E-state index in [1.54, 1.807) is 12.1 Å². The van der Waals surface area contributed by atoms with Crippen molar-refractivity contribution in [3.8, 4) is 0 Å². The van der Waals surface area contributed by atoms with Gasteiger partial charge in [-0.05, 0) is 23.5 Å². The summed E-state index contributed by atoms with van der Waals surface area (Å²) in [5, 5.41) is 10.1. The molecule has 1 aromatic rings. The van der Waals surface area contributed by atoms with E-state index >= 15 is 0 Å². The van der Waals surface area contributed by atoms with Gasteiger partial charge in [0.15, 0.2) is 0 Å². The van der Waals surface area contributed by atoms with Crippen LogP contribution in [0.15, 0.2) is 18.2 Å². The molecule has 0 heterocycles. The van der Waals surface area contributed by atoms with E-state index in [1.165, 1.54) is 6.07 Å². The number of rotatable bonds is 4. The first-order chi connectivity index (χ1) is 7.43. The Kier molecular flexibility index (Phi) is 4.75. The highest BCUT2D eigenvalue weighted by Gasteiger charge is 2.19. The summed E-state index contributed by atoms with van der Waals surface area (Å²) in [6.07, 6.45) is -0.223. The van der Waals surface area contributed by atoms with Gasteiger partial charge in [-0.25, -0.2) is 4.39 Å². The maximum atomic E-state index is 13.6. The van der Waals surface area contributed by atoms with Crippen molar-refractivity contribution in [1.29, 1.82) is 0 Å². The fourth-order valence-corrected chi connectivity index (χ4v) is 1.76. The molecular formula is C13H18ClFO. The fourth-order valence-electron chi connectivity index (χ4n) is 1.56. The maximum absolute atomic E-state index is 13.6. The standard InChI is InChI=1S/C13H18ClFO/c1-8(2)9(3)12(16)7-10-5-4-6-11(14)13(10)15/h4-6,8-9,12,16H,7H2,1-3H3. The largest absolute Gasteiger partial charge is 0.392 e. The van der Waals surface area contributed by atoms with E-state index < -0.39 is 11.9 Å². The van der Waals surface area contributed by atoms with Gasteiger partial charge in [0.2, 0.25) is 0 Å². The molecule has 0 amide bonds. The molecule has 2 atom stereocenters. The molecule has 0 saturated heterocycles. The Balaban J connectivity index is 2.77. The molecule has 0 bridgehead atoms. The molecule has 1 nitrogen and oxygen atoms in total. The molecule has 16 heavy (non-hydrogen) atoms. The molecule has 0 radical (unpaired) electrons. The van der Waals surface area contributed by atoms with Gasteiger partial charge < -0.3 is 5.11 Å². The van der Waals surface area contributed by atoms with Crippen molar-refractivity contribution in [3.63, 3.8) is 0 Å². The van der Waals surface area contributed by atoms with Gasteiger partial charge in [0, 0.05) is 6.42 Å². The van der Waals surface area contributed by atoms with Gasteiger partial charge in [0.05, 0.1) is 11.1 Å². The van der Waals surface area contributed by atoms with E-state index in [2.05, 4.69) is 0 Å². The highest BCUT2D eigenvalue weighted by atomic mass is 35.5. The van der Waals surface area contributed by atoms with Crippen LogP contribution in [0.4, 0.5) is 4.39 Å². The fraction of sp³-hybridized carbons (Fsp3) is 0.538. The average Bonchev–Trinajstić information content (AvgIpc) is 2.23. The predicted octanol–water partition coefficient (Wildman–Crippen LogP) is 3.67. The van der Waals surface area contributed by atoms with E-state index in [-0.39, 0.29) is 10.9 Å². The molecular weight excluding hydrogens is 227 g/mol. The zero-order valence-corrected chi connectivity index (χ0v) is 10.6. The Morgan fingerprint density at radius 3 is 2.50 bits per heavy atom. The van der Waals surface area contributed by atoms with Gasteiger partial charge in [0.25, 0.3) is 0 Å². The van der Waals surface area contributed by atoms with E-state index in [9.17, 15) is 9.50 Å². The zero-order chi connectivity index (χ0) is 12.3. The van der Waals surface area contributed by atoms with Gasteiger partial charge >= 0.3 is 0 Å². The van der Waals surface area contributed by atoms with Crippen LogP contribution in [-0.2, 0) is 6.42 Å². The molecule has 3 heteroatoms. The smallest absolute Gasteiger partial charge is 0.145 e. The van der Waals surface area contributed by atoms with E-state index in [4.69, 9.17) is 11.6 Å². The molecule has 0 aliphatic heterocycles. The average molecular weight is 245 g/mol. The van der Waals surface area contributed by atoms with Gasteiger partial charge in [-0.3, -0.25) is 0 Å². The molecule has 0 aromatic heterocycles. The predicted molar refractivity (Wildman–Crippen MR) is 65.1 cm³/mol. The molecule has 1 N–H and O–H groups in total. The Bertz CT molecular complexity index is 352. The summed E-state index contributed by atoms with van der Waals surface area (Å²) in [5.74, 6) is 0.0924. The molecule has 2 unspecified atom stereocenters. The van der Waals surface area contributed by atoms with Crippen LogP contribution >= 0.6 is 11.6 Å². The van der Waals surface area contributed by atoms with Crippen molar-refractivity contribution < 1.29 is 9.50 Å². The molecule has 0 spiro atoms. The van der Waals surface area contributed by atoms with Crippen LogP contribution in [0.2, 0.25) is 5.02 Å². The first-order valence-electron chi connectivity index (χ1n) is 5.54. The zero-order valence-electron chi connectivity index (χ0n) is 9.87. The van der Waals surface area contributed by atoms with Crippen LogP contribution in [-0.4, -0.2) is 11.2 Å². The van der Waals surface area contributed by atoms with Crippen LogP contribution in [0.3, 0.4) is 0 Å². The second kappa shape index (κ2) is 5.65. The summed E-state index contributed by atoms with van der Waals surface area (Å²) in [6.45, 7) is 6.06.